The Hall–Kier alpha value is -8.46. The number of fused-ring (bicyclic) bond motifs is 10. The van der Waals surface area contributed by atoms with E-state index in [1.54, 1.807) is 0 Å². The number of benzene rings is 11. The summed E-state index contributed by atoms with van der Waals surface area (Å²) in [6.45, 7) is 0. The van der Waals surface area contributed by atoms with E-state index in [1.807, 2.05) is 6.07 Å². The number of nitrogens with zero attached hydrogens (tertiary/aromatic N) is 1. The fraction of sp³-hybridized carbons (Fsp3) is 0.0159. The Kier molecular flexibility index (Phi) is 8.47. The molecule has 0 aliphatic heterocycles. The Morgan fingerprint density at radius 2 is 0.800 bits per heavy atom. The van der Waals surface area contributed by atoms with Crippen molar-refractivity contribution in [3.63, 3.8) is 0 Å². The molecule has 13 rings (SSSR count). The Morgan fingerprint density at radius 1 is 0.323 bits per heavy atom. The zero-order valence-electron chi connectivity index (χ0n) is 35.5. The van der Waals surface area contributed by atoms with Gasteiger partial charge in [-0.3, -0.25) is 0 Å². The number of rotatable bonds is 7. The summed E-state index contributed by atoms with van der Waals surface area (Å²) in [4.78, 5) is 2.37. The van der Waals surface area contributed by atoms with Crippen molar-refractivity contribution in [2.75, 3.05) is 4.90 Å². The van der Waals surface area contributed by atoms with Crippen molar-refractivity contribution < 1.29 is 4.42 Å². The van der Waals surface area contributed by atoms with E-state index in [0.29, 0.717) is 0 Å². The standard InChI is InChI=1S/C63H41NO/c1-3-13-42(14-4-1)43-25-33-50(34-26-43)64(52-37-31-49(32-38-52)63(48-15-5-2-6-16-48)58-20-10-7-17-54(58)55-18-8-11-21-59(55)63)51-35-27-44(28-36-51)46-30-39-53-47(41-46)24-23-45-29-40-57-56-19-9-12-22-60(56)65-62(57)61(45)53/h1-41H. The summed E-state index contributed by atoms with van der Waals surface area (Å²) in [5, 5.41) is 7.02. The molecule has 0 amide bonds. The highest BCUT2D eigenvalue weighted by atomic mass is 16.3. The Balaban J connectivity index is 0.913. The number of hydrogen-bond donors (Lipinski definition) is 0. The van der Waals surface area contributed by atoms with Gasteiger partial charge in [-0.2, -0.15) is 0 Å². The first-order valence-corrected chi connectivity index (χ1v) is 22.4. The number of furan rings is 1. The molecule has 0 N–H and O–H groups in total. The first kappa shape index (κ1) is 37.1. The largest absolute Gasteiger partial charge is 0.455 e. The van der Waals surface area contributed by atoms with E-state index in [0.717, 1.165) is 50.0 Å². The molecule has 0 spiro atoms. The molecular weight excluding hydrogens is 787 g/mol. The van der Waals surface area contributed by atoms with Crippen LogP contribution in [-0.4, -0.2) is 0 Å². The van der Waals surface area contributed by atoms with Crippen molar-refractivity contribution in [3.8, 4) is 33.4 Å². The lowest BCUT2D eigenvalue weighted by atomic mass is 9.68. The Bertz CT molecular complexity index is 3690. The van der Waals surface area contributed by atoms with Crippen LogP contribution >= 0.6 is 0 Å². The first-order valence-electron chi connectivity index (χ1n) is 22.4. The molecule has 0 radical (unpaired) electrons. The van der Waals surface area contributed by atoms with Crippen LogP contribution in [0.4, 0.5) is 17.1 Å². The topological polar surface area (TPSA) is 16.4 Å². The zero-order valence-corrected chi connectivity index (χ0v) is 35.5. The van der Waals surface area contributed by atoms with Crippen molar-refractivity contribution >= 4 is 60.5 Å². The molecule has 2 heteroatoms. The maximum absolute atomic E-state index is 6.51. The average Bonchev–Trinajstić information content (AvgIpc) is 3.92. The predicted octanol–water partition coefficient (Wildman–Crippen LogP) is 17.1. The molecule has 0 saturated carbocycles. The van der Waals surface area contributed by atoms with Gasteiger partial charge in [0.2, 0.25) is 0 Å². The van der Waals surface area contributed by atoms with E-state index in [9.17, 15) is 0 Å². The SMILES string of the molecule is c1ccc(-c2ccc(N(c3ccc(-c4ccc5c(ccc6ccc7c8ccccc8oc7c65)c4)cc3)c3ccc(C4(c5ccccc5)c5ccccc5-c5ccccc54)cc3)cc2)cc1. The summed E-state index contributed by atoms with van der Waals surface area (Å²) in [5.74, 6) is 0. The third-order valence-corrected chi connectivity index (χ3v) is 13.8. The van der Waals surface area contributed by atoms with Gasteiger partial charge in [-0.05, 0) is 126 Å². The summed E-state index contributed by atoms with van der Waals surface area (Å²) < 4.78 is 6.51. The molecule has 12 aromatic rings. The van der Waals surface area contributed by atoms with Crippen molar-refractivity contribution in [2.24, 2.45) is 0 Å². The Labute approximate surface area is 377 Å². The van der Waals surface area contributed by atoms with Gasteiger partial charge in [-0.25, -0.2) is 0 Å². The maximum Gasteiger partial charge on any atom is 0.143 e. The minimum absolute atomic E-state index is 0.457. The molecule has 0 atom stereocenters. The van der Waals surface area contributed by atoms with Crippen LogP contribution in [-0.2, 0) is 5.41 Å². The van der Waals surface area contributed by atoms with Gasteiger partial charge < -0.3 is 9.32 Å². The van der Waals surface area contributed by atoms with E-state index < -0.39 is 5.41 Å². The summed E-state index contributed by atoms with van der Waals surface area (Å²) in [7, 11) is 0. The minimum atomic E-state index is -0.457. The van der Waals surface area contributed by atoms with E-state index >= 15 is 0 Å². The van der Waals surface area contributed by atoms with Crippen LogP contribution in [0.5, 0.6) is 0 Å². The molecule has 0 fully saturated rings. The van der Waals surface area contributed by atoms with Crippen molar-refractivity contribution in [1.82, 2.24) is 0 Å². The quantitative estimate of drug-likeness (QED) is 0.149. The summed E-state index contributed by atoms with van der Waals surface area (Å²) in [6, 6.07) is 90.7. The van der Waals surface area contributed by atoms with E-state index in [2.05, 4.69) is 248 Å². The van der Waals surface area contributed by atoms with Crippen LogP contribution in [0.3, 0.4) is 0 Å². The van der Waals surface area contributed by atoms with Gasteiger partial charge in [0.05, 0.1) is 5.41 Å². The molecule has 304 valence electrons. The van der Waals surface area contributed by atoms with Gasteiger partial charge in [0.1, 0.15) is 11.2 Å². The average molecular weight is 828 g/mol. The second-order valence-corrected chi connectivity index (χ2v) is 17.2. The van der Waals surface area contributed by atoms with Crippen molar-refractivity contribution in [1.29, 1.82) is 0 Å². The second kappa shape index (κ2) is 14.8. The zero-order chi connectivity index (χ0) is 42.9. The fourth-order valence-electron chi connectivity index (χ4n) is 10.8. The van der Waals surface area contributed by atoms with Crippen LogP contribution in [0.15, 0.2) is 253 Å². The van der Waals surface area contributed by atoms with Crippen molar-refractivity contribution in [2.45, 2.75) is 5.41 Å². The summed E-state index contributed by atoms with van der Waals surface area (Å²) in [5.41, 5.74) is 17.1. The number of hydrogen-bond acceptors (Lipinski definition) is 2. The minimum Gasteiger partial charge on any atom is -0.455 e. The second-order valence-electron chi connectivity index (χ2n) is 17.2. The lowest BCUT2D eigenvalue weighted by Gasteiger charge is -2.34. The number of anilines is 3. The van der Waals surface area contributed by atoms with E-state index in [1.165, 1.54) is 66.2 Å². The highest BCUT2D eigenvalue weighted by Gasteiger charge is 2.45. The Morgan fingerprint density at radius 3 is 1.48 bits per heavy atom. The van der Waals surface area contributed by atoms with E-state index in [4.69, 9.17) is 4.42 Å². The fourth-order valence-corrected chi connectivity index (χ4v) is 10.8. The van der Waals surface area contributed by atoms with Gasteiger partial charge in [-0.1, -0.05) is 194 Å². The monoisotopic (exact) mass is 827 g/mol. The normalized spacial score (nSPS) is 12.7. The predicted molar refractivity (Wildman–Crippen MR) is 272 cm³/mol. The first-order chi connectivity index (χ1) is 32.2. The van der Waals surface area contributed by atoms with Gasteiger partial charge in [0.15, 0.2) is 0 Å². The van der Waals surface area contributed by atoms with Crippen LogP contribution < -0.4 is 4.90 Å². The number of para-hydroxylation sites is 1. The summed E-state index contributed by atoms with van der Waals surface area (Å²) >= 11 is 0. The molecule has 1 heterocycles. The van der Waals surface area contributed by atoms with Crippen LogP contribution in [0.1, 0.15) is 22.3 Å². The lowest BCUT2D eigenvalue weighted by molar-refractivity contribution is 0.673. The van der Waals surface area contributed by atoms with Gasteiger partial charge in [0.25, 0.3) is 0 Å². The highest BCUT2D eigenvalue weighted by Crippen LogP contribution is 2.56. The van der Waals surface area contributed by atoms with Crippen LogP contribution in [0.25, 0.3) is 76.9 Å². The molecule has 1 aliphatic rings. The van der Waals surface area contributed by atoms with Crippen molar-refractivity contribution in [3.05, 3.63) is 271 Å². The lowest BCUT2D eigenvalue weighted by Crippen LogP contribution is -2.28. The smallest absolute Gasteiger partial charge is 0.143 e. The third-order valence-electron chi connectivity index (χ3n) is 13.8. The molecule has 0 unspecified atom stereocenters. The molecule has 65 heavy (non-hydrogen) atoms. The molecule has 1 aliphatic carbocycles. The van der Waals surface area contributed by atoms with Gasteiger partial charge >= 0.3 is 0 Å². The molecule has 11 aromatic carbocycles. The maximum atomic E-state index is 6.51. The van der Waals surface area contributed by atoms with Crippen LogP contribution in [0, 0.1) is 0 Å². The molecule has 0 saturated heterocycles. The van der Waals surface area contributed by atoms with Gasteiger partial charge in [-0.15, -0.1) is 0 Å². The third kappa shape index (κ3) is 5.81. The van der Waals surface area contributed by atoms with Gasteiger partial charge in [0, 0.05) is 33.2 Å². The van der Waals surface area contributed by atoms with E-state index in [-0.39, 0.29) is 0 Å². The summed E-state index contributed by atoms with van der Waals surface area (Å²) in [6.07, 6.45) is 0. The molecular formula is C63H41NO. The van der Waals surface area contributed by atoms with Crippen LogP contribution in [0.2, 0.25) is 0 Å². The highest BCUT2D eigenvalue weighted by molar-refractivity contribution is 6.23. The molecule has 0 bridgehead atoms. The molecule has 1 aromatic heterocycles. The molecule has 2 nitrogen and oxygen atoms in total.